The first-order valence-electron chi connectivity index (χ1n) is 9.90. The zero-order valence-corrected chi connectivity index (χ0v) is 18.8. The molecule has 1 aromatic carbocycles. The molecule has 1 fully saturated rings. The molecule has 2 amide bonds. The number of hydrogen-bond acceptors (Lipinski definition) is 4. The molecule has 2 aliphatic heterocycles. The Labute approximate surface area is 184 Å². The molecule has 154 valence electrons. The van der Waals surface area contributed by atoms with Crippen LogP contribution in [0.2, 0.25) is 0 Å². The maximum Gasteiger partial charge on any atom is 0.261 e. The molecule has 2 aliphatic rings. The van der Waals surface area contributed by atoms with Crippen LogP contribution in [0.5, 0.6) is 0 Å². The van der Waals surface area contributed by atoms with Gasteiger partial charge in [0.05, 0.1) is 17.7 Å². The third kappa shape index (κ3) is 5.66. The maximum absolute atomic E-state index is 12.4. The summed E-state index contributed by atoms with van der Waals surface area (Å²) in [5.74, 6) is 0.292. The molecule has 0 saturated carbocycles. The van der Waals surface area contributed by atoms with Crippen molar-refractivity contribution >= 4 is 41.8 Å². The molecule has 28 heavy (non-hydrogen) atoms. The van der Waals surface area contributed by atoms with Crippen molar-refractivity contribution in [3.05, 3.63) is 35.4 Å². The van der Waals surface area contributed by atoms with Gasteiger partial charge < -0.3 is 15.5 Å². The Kier molecular flexibility index (Phi) is 9.17. The van der Waals surface area contributed by atoms with Gasteiger partial charge in [0.1, 0.15) is 0 Å². The number of guanidine groups is 1. The summed E-state index contributed by atoms with van der Waals surface area (Å²) in [6, 6.07) is 6.97. The second kappa shape index (κ2) is 11.4. The number of rotatable bonds is 7. The third-order valence-electron chi connectivity index (χ3n) is 4.99. The Morgan fingerprint density at radius 1 is 1.00 bits per heavy atom. The van der Waals surface area contributed by atoms with Crippen LogP contribution in [0.4, 0.5) is 0 Å². The summed E-state index contributed by atoms with van der Waals surface area (Å²) in [4.78, 5) is 33.1. The highest BCUT2D eigenvalue weighted by atomic mass is 127. The van der Waals surface area contributed by atoms with Crippen molar-refractivity contribution in [3.63, 3.8) is 0 Å². The molecule has 0 bridgehead atoms. The van der Waals surface area contributed by atoms with Gasteiger partial charge in [-0.3, -0.25) is 19.5 Å². The van der Waals surface area contributed by atoms with Crippen molar-refractivity contribution in [2.75, 3.05) is 45.8 Å². The van der Waals surface area contributed by atoms with E-state index >= 15 is 0 Å². The van der Waals surface area contributed by atoms with Gasteiger partial charge in [0, 0.05) is 26.2 Å². The molecule has 2 heterocycles. The maximum atomic E-state index is 12.4. The van der Waals surface area contributed by atoms with Crippen LogP contribution in [0, 0.1) is 0 Å². The molecule has 8 heteroatoms. The minimum Gasteiger partial charge on any atom is -0.357 e. The number of carbonyl (C=O) groups excluding carboxylic acids is 2. The smallest absolute Gasteiger partial charge is 0.261 e. The van der Waals surface area contributed by atoms with Crippen LogP contribution in [0.15, 0.2) is 29.3 Å². The van der Waals surface area contributed by atoms with Crippen LogP contribution in [0.3, 0.4) is 0 Å². The minimum atomic E-state index is -0.218. The van der Waals surface area contributed by atoms with Gasteiger partial charge >= 0.3 is 0 Å². The van der Waals surface area contributed by atoms with Crippen LogP contribution < -0.4 is 10.6 Å². The standard InChI is InChI=1S/C20H29N5O2.HI/c1-2-21-20(22-10-14-24-12-6-3-7-13-24)23-11-15-25-18(26)16-8-4-5-9-17(16)19(25)27;/h4-5,8-9H,2-3,6-7,10-15H2,1H3,(H2,21,22,23);1H. The number of fused-ring (bicyclic) bond motifs is 1. The van der Waals surface area contributed by atoms with Gasteiger partial charge in [0.15, 0.2) is 5.96 Å². The first-order chi connectivity index (χ1) is 13.2. The largest absolute Gasteiger partial charge is 0.357 e. The lowest BCUT2D eigenvalue weighted by Crippen LogP contribution is -2.43. The summed E-state index contributed by atoms with van der Waals surface area (Å²) in [7, 11) is 0. The zero-order chi connectivity index (χ0) is 19.1. The average Bonchev–Trinajstić information content (AvgIpc) is 2.94. The molecule has 3 rings (SSSR count). The normalized spacial score (nSPS) is 17.3. The van der Waals surface area contributed by atoms with E-state index in [0.717, 1.165) is 25.6 Å². The fourth-order valence-electron chi connectivity index (χ4n) is 3.56. The number of carbonyl (C=O) groups is 2. The van der Waals surface area contributed by atoms with E-state index in [1.807, 2.05) is 6.92 Å². The second-order valence-corrected chi connectivity index (χ2v) is 6.90. The number of hydrogen-bond donors (Lipinski definition) is 2. The van der Waals surface area contributed by atoms with E-state index in [1.54, 1.807) is 24.3 Å². The first-order valence-corrected chi connectivity index (χ1v) is 9.90. The second-order valence-electron chi connectivity index (χ2n) is 6.90. The van der Waals surface area contributed by atoms with Gasteiger partial charge in [-0.15, -0.1) is 24.0 Å². The minimum absolute atomic E-state index is 0. The number of nitrogens with one attached hydrogen (secondary N) is 2. The van der Waals surface area contributed by atoms with E-state index in [9.17, 15) is 9.59 Å². The summed E-state index contributed by atoms with van der Waals surface area (Å²) >= 11 is 0. The molecule has 0 spiro atoms. The number of benzene rings is 1. The lowest BCUT2D eigenvalue weighted by molar-refractivity contribution is 0.0657. The van der Waals surface area contributed by atoms with Gasteiger partial charge in [-0.25, -0.2) is 0 Å². The zero-order valence-electron chi connectivity index (χ0n) is 16.4. The summed E-state index contributed by atoms with van der Waals surface area (Å²) in [6.45, 7) is 7.62. The van der Waals surface area contributed by atoms with Gasteiger partial charge in [-0.2, -0.15) is 0 Å². The number of amides is 2. The highest BCUT2D eigenvalue weighted by molar-refractivity contribution is 14.0. The van der Waals surface area contributed by atoms with Crippen molar-refractivity contribution in [1.82, 2.24) is 20.4 Å². The number of imide groups is 1. The van der Waals surface area contributed by atoms with Crippen molar-refractivity contribution < 1.29 is 9.59 Å². The van der Waals surface area contributed by atoms with Crippen LogP contribution in [0.1, 0.15) is 46.9 Å². The Balaban J connectivity index is 0.00000280. The highest BCUT2D eigenvalue weighted by Crippen LogP contribution is 2.21. The number of halogens is 1. The van der Waals surface area contributed by atoms with E-state index < -0.39 is 0 Å². The summed E-state index contributed by atoms with van der Waals surface area (Å²) in [5, 5.41) is 6.44. The van der Waals surface area contributed by atoms with Crippen molar-refractivity contribution in [1.29, 1.82) is 0 Å². The Morgan fingerprint density at radius 3 is 2.25 bits per heavy atom. The molecule has 7 nitrogen and oxygen atoms in total. The highest BCUT2D eigenvalue weighted by Gasteiger charge is 2.34. The first kappa shape index (κ1) is 22.6. The SMILES string of the molecule is CCNC(=NCCN1CCCCC1)NCCN1C(=O)c2ccccc2C1=O.I. The monoisotopic (exact) mass is 499 g/mol. The molecule has 0 radical (unpaired) electrons. The molecule has 0 aliphatic carbocycles. The van der Waals surface area contributed by atoms with Gasteiger partial charge in [0.2, 0.25) is 0 Å². The van der Waals surface area contributed by atoms with Gasteiger partial charge in [-0.1, -0.05) is 18.6 Å². The lowest BCUT2D eigenvalue weighted by atomic mass is 10.1. The van der Waals surface area contributed by atoms with Crippen LogP contribution >= 0.6 is 24.0 Å². The molecule has 0 atom stereocenters. The molecule has 0 unspecified atom stereocenters. The predicted octanol–water partition coefficient (Wildman–Crippen LogP) is 1.94. The van der Waals surface area contributed by atoms with Crippen LogP contribution in [-0.2, 0) is 0 Å². The number of nitrogens with zero attached hydrogens (tertiary/aromatic N) is 3. The van der Waals surface area contributed by atoms with E-state index in [2.05, 4.69) is 20.5 Å². The third-order valence-corrected chi connectivity index (χ3v) is 4.99. The van der Waals surface area contributed by atoms with Crippen LogP contribution in [-0.4, -0.2) is 73.4 Å². The average molecular weight is 499 g/mol. The fraction of sp³-hybridized carbons (Fsp3) is 0.550. The predicted molar refractivity (Wildman–Crippen MR) is 121 cm³/mol. The summed E-state index contributed by atoms with van der Waals surface area (Å²) in [5.41, 5.74) is 0.981. The van der Waals surface area contributed by atoms with Crippen LogP contribution in [0.25, 0.3) is 0 Å². The lowest BCUT2D eigenvalue weighted by Gasteiger charge is -2.25. The summed E-state index contributed by atoms with van der Waals surface area (Å²) < 4.78 is 0. The van der Waals surface area contributed by atoms with Crippen molar-refractivity contribution in [3.8, 4) is 0 Å². The Bertz CT molecular complexity index is 669. The van der Waals surface area contributed by atoms with Crippen molar-refractivity contribution in [2.24, 2.45) is 4.99 Å². The molecule has 0 aromatic heterocycles. The quantitative estimate of drug-likeness (QED) is 0.260. The topological polar surface area (TPSA) is 77.0 Å². The number of likely N-dealkylation sites (tertiary alicyclic amines) is 1. The molecular formula is C20H30IN5O2. The van der Waals surface area contributed by atoms with E-state index in [-0.39, 0.29) is 35.8 Å². The van der Waals surface area contributed by atoms with Crippen molar-refractivity contribution in [2.45, 2.75) is 26.2 Å². The van der Waals surface area contributed by atoms with E-state index in [1.165, 1.54) is 37.3 Å². The Hall–Kier alpha value is -1.68. The molecular weight excluding hydrogens is 469 g/mol. The number of piperidine rings is 1. The number of aliphatic imine (C=N–C) groups is 1. The van der Waals surface area contributed by atoms with E-state index in [4.69, 9.17) is 0 Å². The Morgan fingerprint density at radius 2 is 1.64 bits per heavy atom. The van der Waals surface area contributed by atoms with Gasteiger partial charge in [0.25, 0.3) is 11.8 Å². The molecule has 1 aromatic rings. The van der Waals surface area contributed by atoms with E-state index in [0.29, 0.717) is 24.2 Å². The fourth-order valence-corrected chi connectivity index (χ4v) is 3.56. The molecule has 1 saturated heterocycles. The summed E-state index contributed by atoms with van der Waals surface area (Å²) in [6.07, 6.45) is 3.90. The van der Waals surface area contributed by atoms with Gasteiger partial charge in [-0.05, 0) is 45.0 Å². The molecule has 2 N–H and O–H groups in total.